The van der Waals surface area contributed by atoms with Crippen molar-refractivity contribution in [2.75, 3.05) is 7.11 Å². The Kier molecular flexibility index (Phi) is 3.15. The number of ether oxygens (including phenoxy) is 1. The number of aromatic hydroxyl groups is 1. The molecule has 0 aromatic heterocycles. The Bertz CT molecular complexity index is 478. The first-order chi connectivity index (χ1) is 8.51. The quantitative estimate of drug-likeness (QED) is 0.869. The summed E-state index contributed by atoms with van der Waals surface area (Å²) >= 11 is 0. The van der Waals surface area contributed by atoms with Gasteiger partial charge in [-0.05, 0) is 18.9 Å². The van der Waals surface area contributed by atoms with Crippen LogP contribution < -0.4 is 4.74 Å². The Balaban J connectivity index is 2.61. The molecule has 1 aromatic carbocycles. The molecule has 0 aliphatic heterocycles. The number of aliphatic carboxylic acids is 1. The van der Waals surface area contributed by atoms with Crippen molar-refractivity contribution in [1.82, 2.24) is 0 Å². The predicted molar refractivity (Wildman–Crippen MR) is 62.4 cm³/mol. The van der Waals surface area contributed by atoms with Gasteiger partial charge in [-0.15, -0.1) is 0 Å². The first-order valence-electron chi connectivity index (χ1n) is 5.81. The van der Waals surface area contributed by atoms with Gasteiger partial charge >= 0.3 is 5.97 Å². The molecule has 0 atom stereocenters. The number of carboxylic acid groups (broad SMARTS) is 1. The third-order valence-corrected chi connectivity index (χ3v) is 3.65. The van der Waals surface area contributed by atoms with Crippen molar-refractivity contribution >= 4 is 5.97 Å². The van der Waals surface area contributed by atoms with Crippen molar-refractivity contribution < 1.29 is 24.1 Å². The monoisotopic (exact) mass is 254 g/mol. The van der Waals surface area contributed by atoms with Crippen molar-refractivity contribution in [3.05, 3.63) is 23.5 Å². The number of carboxylic acids is 1. The zero-order valence-electron chi connectivity index (χ0n) is 10.1. The number of rotatable bonds is 3. The van der Waals surface area contributed by atoms with Gasteiger partial charge in [0.2, 0.25) is 0 Å². The van der Waals surface area contributed by atoms with Crippen LogP contribution in [0.5, 0.6) is 11.5 Å². The van der Waals surface area contributed by atoms with Gasteiger partial charge < -0.3 is 14.9 Å². The van der Waals surface area contributed by atoms with Gasteiger partial charge in [0.15, 0.2) is 11.6 Å². The minimum atomic E-state index is -1.07. The minimum Gasteiger partial charge on any atom is -0.505 e. The zero-order valence-corrected chi connectivity index (χ0v) is 10.1. The van der Waals surface area contributed by atoms with E-state index in [2.05, 4.69) is 0 Å². The lowest BCUT2D eigenvalue weighted by molar-refractivity contribution is -0.143. The summed E-state index contributed by atoms with van der Waals surface area (Å²) in [7, 11) is 1.36. The molecule has 0 radical (unpaired) electrons. The van der Waals surface area contributed by atoms with E-state index in [0.29, 0.717) is 18.4 Å². The standard InChI is InChI=1S/C13H15FO4/c1-18-11-7-9(14)10(15)6-8(11)13(12(16)17)4-2-3-5-13/h6-7,15H,2-5H2,1H3,(H,16,17). The highest BCUT2D eigenvalue weighted by Gasteiger charge is 2.45. The van der Waals surface area contributed by atoms with Gasteiger partial charge in [0, 0.05) is 11.6 Å². The molecule has 0 amide bonds. The number of phenolic OH excluding ortho intramolecular Hbond substituents is 1. The fourth-order valence-electron chi connectivity index (χ4n) is 2.66. The average Bonchev–Trinajstić information content (AvgIpc) is 2.82. The van der Waals surface area contributed by atoms with Crippen LogP contribution >= 0.6 is 0 Å². The van der Waals surface area contributed by atoms with E-state index in [9.17, 15) is 19.4 Å². The molecule has 1 saturated carbocycles. The van der Waals surface area contributed by atoms with Gasteiger partial charge in [-0.2, -0.15) is 0 Å². The third-order valence-electron chi connectivity index (χ3n) is 3.65. The van der Waals surface area contributed by atoms with Crippen LogP contribution in [0, 0.1) is 5.82 Å². The lowest BCUT2D eigenvalue weighted by Crippen LogP contribution is -2.33. The number of carbonyl (C=O) groups is 1. The first-order valence-corrected chi connectivity index (χ1v) is 5.81. The predicted octanol–water partition coefficient (Wildman–Crippen LogP) is 2.44. The second kappa shape index (κ2) is 4.48. The van der Waals surface area contributed by atoms with Gasteiger partial charge in [0.1, 0.15) is 5.75 Å². The fraction of sp³-hybridized carbons (Fsp3) is 0.462. The van der Waals surface area contributed by atoms with Crippen LogP contribution in [0.3, 0.4) is 0 Å². The molecule has 1 fully saturated rings. The van der Waals surface area contributed by atoms with Crippen LogP contribution in [-0.4, -0.2) is 23.3 Å². The zero-order chi connectivity index (χ0) is 13.3. The molecule has 2 rings (SSSR count). The molecule has 98 valence electrons. The lowest BCUT2D eigenvalue weighted by Gasteiger charge is -2.26. The lowest BCUT2D eigenvalue weighted by atomic mass is 9.78. The molecule has 2 N–H and O–H groups in total. The number of methoxy groups -OCH3 is 1. The molecular formula is C13H15FO4. The van der Waals surface area contributed by atoms with Crippen molar-refractivity contribution in [3.8, 4) is 11.5 Å². The summed E-state index contributed by atoms with van der Waals surface area (Å²) in [5.74, 6) is -2.13. The molecule has 1 aromatic rings. The fourth-order valence-corrected chi connectivity index (χ4v) is 2.66. The first kappa shape index (κ1) is 12.7. The third kappa shape index (κ3) is 1.79. The Labute approximate surface area is 104 Å². The molecule has 18 heavy (non-hydrogen) atoms. The van der Waals surface area contributed by atoms with E-state index in [0.717, 1.165) is 18.9 Å². The molecule has 4 nitrogen and oxygen atoms in total. The summed E-state index contributed by atoms with van der Waals surface area (Å²) < 4.78 is 18.3. The molecule has 1 aliphatic rings. The Hall–Kier alpha value is -1.78. The number of benzene rings is 1. The van der Waals surface area contributed by atoms with Crippen molar-refractivity contribution in [2.45, 2.75) is 31.1 Å². The van der Waals surface area contributed by atoms with E-state index < -0.39 is 23.0 Å². The van der Waals surface area contributed by atoms with Crippen LogP contribution in [0.25, 0.3) is 0 Å². The van der Waals surface area contributed by atoms with Crippen LogP contribution in [-0.2, 0) is 10.2 Å². The highest BCUT2D eigenvalue weighted by atomic mass is 19.1. The van der Waals surface area contributed by atoms with E-state index in [1.54, 1.807) is 0 Å². The molecule has 1 aliphatic carbocycles. The van der Waals surface area contributed by atoms with E-state index in [1.807, 2.05) is 0 Å². The maximum atomic E-state index is 13.3. The van der Waals surface area contributed by atoms with Crippen molar-refractivity contribution in [2.24, 2.45) is 0 Å². The number of hydrogen-bond acceptors (Lipinski definition) is 3. The van der Waals surface area contributed by atoms with Gasteiger partial charge in [0.05, 0.1) is 12.5 Å². The Morgan fingerprint density at radius 2 is 2.00 bits per heavy atom. The summed E-state index contributed by atoms with van der Waals surface area (Å²) in [4.78, 5) is 11.6. The molecule has 0 heterocycles. The topological polar surface area (TPSA) is 66.8 Å². The summed E-state index contributed by atoms with van der Waals surface area (Å²) in [6, 6.07) is 2.21. The molecule has 0 bridgehead atoms. The number of hydrogen-bond donors (Lipinski definition) is 2. The summed E-state index contributed by atoms with van der Waals surface area (Å²) in [5.41, 5.74) is -0.717. The van der Waals surface area contributed by atoms with Crippen LogP contribution in [0.15, 0.2) is 12.1 Å². The van der Waals surface area contributed by atoms with Crippen LogP contribution in [0.2, 0.25) is 0 Å². The average molecular weight is 254 g/mol. The molecule has 0 unspecified atom stereocenters. The van der Waals surface area contributed by atoms with Gasteiger partial charge in [-0.3, -0.25) is 4.79 Å². The van der Waals surface area contributed by atoms with Crippen molar-refractivity contribution in [1.29, 1.82) is 0 Å². The van der Waals surface area contributed by atoms with Crippen LogP contribution in [0.4, 0.5) is 4.39 Å². The highest BCUT2D eigenvalue weighted by molar-refractivity contribution is 5.83. The molecule has 0 saturated heterocycles. The van der Waals surface area contributed by atoms with E-state index in [4.69, 9.17) is 4.74 Å². The van der Waals surface area contributed by atoms with E-state index >= 15 is 0 Å². The minimum absolute atomic E-state index is 0.176. The largest absolute Gasteiger partial charge is 0.505 e. The summed E-state index contributed by atoms with van der Waals surface area (Å²) in [6.07, 6.45) is 2.55. The van der Waals surface area contributed by atoms with Crippen molar-refractivity contribution in [3.63, 3.8) is 0 Å². The normalized spacial score (nSPS) is 17.7. The second-order valence-corrected chi connectivity index (χ2v) is 4.60. The molecular weight excluding hydrogens is 239 g/mol. The van der Waals surface area contributed by atoms with E-state index in [1.165, 1.54) is 13.2 Å². The SMILES string of the molecule is COc1cc(F)c(O)cc1C1(C(=O)O)CCCC1. The Morgan fingerprint density at radius 1 is 1.39 bits per heavy atom. The number of halogens is 1. The Morgan fingerprint density at radius 3 is 2.50 bits per heavy atom. The summed E-state index contributed by atoms with van der Waals surface area (Å²) in [6.45, 7) is 0. The van der Waals surface area contributed by atoms with Gasteiger partial charge in [0.25, 0.3) is 0 Å². The van der Waals surface area contributed by atoms with Crippen LogP contribution in [0.1, 0.15) is 31.2 Å². The second-order valence-electron chi connectivity index (χ2n) is 4.60. The maximum Gasteiger partial charge on any atom is 0.314 e. The summed E-state index contributed by atoms with van der Waals surface area (Å²) in [5, 5.41) is 18.9. The van der Waals surface area contributed by atoms with E-state index in [-0.39, 0.29) is 5.75 Å². The smallest absolute Gasteiger partial charge is 0.314 e. The van der Waals surface area contributed by atoms with Gasteiger partial charge in [-0.25, -0.2) is 4.39 Å². The molecule has 0 spiro atoms. The number of phenols is 1. The van der Waals surface area contributed by atoms with Gasteiger partial charge in [-0.1, -0.05) is 12.8 Å². The maximum absolute atomic E-state index is 13.3. The highest BCUT2D eigenvalue weighted by Crippen LogP contribution is 2.46. The molecule has 5 heteroatoms.